The predicted molar refractivity (Wildman–Crippen MR) is 405 cm³/mol. The fourth-order valence-corrected chi connectivity index (χ4v) is 13.9. The normalized spacial score (nSPS) is 13.9. The second-order valence-corrected chi connectivity index (χ2v) is 32.7. The fourth-order valence-electron chi connectivity index (χ4n) is 12.4. The third kappa shape index (κ3) is 74.1. The maximum absolute atomic E-state index is 13.1. The van der Waals surface area contributed by atoms with Crippen LogP contribution < -0.4 is 0 Å². The molecule has 5 atom stereocenters. The number of ether oxygens (including phenoxy) is 4. The van der Waals surface area contributed by atoms with Crippen molar-refractivity contribution in [3.05, 3.63) is 0 Å². The van der Waals surface area contributed by atoms with E-state index in [0.717, 1.165) is 102 Å². The summed E-state index contributed by atoms with van der Waals surface area (Å²) >= 11 is 0. The van der Waals surface area contributed by atoms with Crippen LogP contribution in [0.4, 0.5) is 0 Å². The van der Waals surface area contributed by atoms with Gasteiger partial charge in [-0.3, -0.25) is 37.3 Å². The molecule has 0 aromatic heterocycles. The highest BCUT2D eigenvalue weighted by molar-refractivity contribution is 7.47. The van der Waals surface area contributed by atoms with Gasteiger partial charge in [0.2, 0.25) is 0 Å². The molecule has 0 amide bonds. The molecule has 19 heteroatoms. The molecular formula is C80H156O17P2. The maximum Gasteiger partial charge on any atom is 0.472 e. The average molecular weight is 1450 g/mol. The van der Waals surface area contributed by atoms with Crippen molar-refractivity contribution in [3.8, 4) is 0 Å². The SMILES string of the molecule is CCCCCCCCCCCCCCCCCCC(=O)OC[C@H](COP(=O)(O)OC[C@@H](O)COP(=O)(O)OC[C@@H](COC(=O)CCCCCCCCC(C)C)OC(=O)CCCCCCCCCCCCCCC)OC(=O)CCCCCCCCCCCCCCCCCCCCC(C)C. The molecule has 17 nitrogen and oxygen atoms in total. The van der Waals surface area contributed by atoms with E-state index in [4.69, 9.17) is 37.0 Å². The van der Waals surface area contributed by atoms with E-state index in [0.29, 0.717) is 31.6 Å². The molecule has 0 rings (SSSR count). The van der Waals surface area contributed by atoms with Crippen LogP contribution in [0, 0.1) is 11.8 Å². The zero-order valence-corrected chi connectivity index (χ0v) is 66.6. The Kier molecular flexibility index (Phi) is 70.3. The van der Waals surface area contributed by atoms with Gasteiger partial charge in [0.25, 0.3) is 0 Å². The number of phosphoric ester groups is 2. The average Bonchev–Trinajstić information content (AvgIpc) is 2.25. The van der Waals surface area contributed by atoms with Crippen LogP contribution in [0.3, 0.4) is 0 Å². The van der Waals surface area contributed by atoms with Crippen LogP contribution in [0.2, 0.25) is 0 Å². The van der Waals surface area contributed by atoms with Gasteiger partial charge in [-0.05, 0) is 37.5 Å². The van der Waals surface area contributed by atoms with Crippen molar-refractivity contribution in [3.63, 3.8) is 0 Å². The van der Waals surface area contributed by atoms with Crippen LogP contribution >= 0.6 is 15.6 Å². The summed E-state index contributed by atoms with van der Waals surface area (Å²) in [5, 5.41) is 10.6. The molecule has 588 valence electrons. The van der Waals surface area contributed by atoms with Gasteiger partial charge in [-0.25, -0.2) is 9.13 Å². The van der Waals surface area contributed by atoms with E-state index in [1.165, 1.54) is 231 Å². The van der Waals surface area contributed by atoms with E-state index in [9.17, 15) is 43.2 Å². The molecule has 0 aromatic carbocycles. The van der Waals surface area contributed by atoms with Crippen molar-refractivity contribution >= 4 is 39.5 Å². The van der Waals surface area contributed by atoms with Crippen LogP contribution in [-0.4, -0.2) is 96.7 Å². The second-order valence-electron chi connectivity index (χ2n) is 29.8. The quantitative estimate of drug-likeness (QED) is 0.0222. The standard InChI is InChI=1S/C80H156O17P2/c1-7-9-11-13-15-17-19-21-22-28-32-35-39-43-50-56-62-77(82)90-68-75(96-79(84)65-59-53-45-41-37-33-29-26-24-23-25-27-31-34-38-42-48-54-60-72(3)4)70-94-98(86,87)92-66-74(81)67-93-99(88,89)95-71-76(69-91-78(83)63-57-51-47-46-49-55-61-73(5)6)97-80(85)64-58-52-44-40-36-30-20-18-16-14-12-10-8-2/h72-76,81H,7-71H2,1-6H3,(H,86,87)(H,88,89)/t74-,75-,76-/m1/s1. The van der Waals surface area contributed by atoms with E-state index >= 15 is 0 Å². The van der Waals surface area contributed by atoms with Gasteiger partial charge in [0.1, 0.15) is 19.3 Å². The Hall–Kier alpha value is -1.94. The van der Waals surface area contributed by atoms with Crippen LogP contribution in [0.5, 0.6) is 0 Å². The Morgan fingerprint density at radius 1 is 0.273 bits per heavy atom. The highest BCUT2D eigenvalue weighted by atomic mass is 31.2. The summed E-state index contributed by atoms with van der Waals surface area (Å²) in [5.41, 5.74) is 0. The second kappa shape index (κ2) is 71.7. The summed E-state index contributed by atoms with van der Waals surface area (Å²) in [4.78, 5) is 72.9. The lowest BCUT2D eigenvalue weighted by molar-refractivity contribution is -0.161. The Bertz CT molecular complexity index is 1910. The highest BCUT2D eigenvalue weighted by Gasteiger charge is 2.30. The lowest BCUT2D eigenvalue weighted by atomic mass is 10.0. The van der Waals surface area contributed by atoms with Gasteiger partial charge in [-0.2, -0.15) is 0 Å². The molecule has 0 heterocycles. The third-order valence-electron chi connectivity index (χ3n) is 18.7. The summed E-state index contributed by atoms with van der Waals surface area (Å²) < 4.78 is 68.6. The molecule has 0 aliphatic carbocycles. The van der Waals surface area contributed by atoms with Crippen molar-refractivity contribution in [2.75, 3.05) is 39.6 Å². The lowest BCUT2D eigenvalue weighted by Crippen LogP contribution is -2.30. The molecule has 0 bridgehead atoms. The molecule has 0 aliphatic heterocycles. The molecule has 0 aromatic rings. The van der Waals surface area contributed by atoms with Crippen LogP contribution in [0.1, 0.15) is 420 Å². The largest absolute Gasteiger partial charge is 0.472 e. The van der Waals surface area contributed by atoms with E-state index in [-0.39, 0.29) is 25.7 Å². The van der Waals surface area contributed by atoms with E-state index in [1.807, 2.05) is 0 Å². The minimum absolute atomic E-state index is 0.107. The van der Waals surface area contributed by atoms with Crippen LogP contribution in [-0.2, 0) is 65.4 Å². The number of carbonyl (C=O) groups excluding carboxylic acids is 4. The Morgan fingerprint density at radius 2 is 0.465 bits per heavy atom. The van der Waals surface area contributed by atoms with Gasteiger partial charge in [0.05, 0.1) is 26.4 Å². The summed E-state index contributed by atoms with van der Waals surface area (Å²) in [6.45, 7) is 9.58. The molecule has 3 N–H and O–H groups in total. The Balaban J connectivity index is 5.20. The third-order valence-corrected chi connectivity index (χ3v) is 20.6. The van der Waals surface area contributed by atoms with Crippen molar-refractivity contribution in [2.24, 2.45) is 11.8 Å². The molecule has 0 aliphatic rings. The molecular weight excluding hydrogens is 1290 g/mol. The minimum Gasteiger partial charge on any atom is -0.462 e. The van der Waals surface area contributed by atoms with Crippen molar-refractivity contribution < 1.29 is 80.2 Å². The first kappa shape index (κ1) is 97.1. The molecule has 0 saturated heterocycles. The van der Waals surface area contributed by atoms with E-state index in [2.05, 4.69) is 41.5 Å². The van der Waals surface area contributed by atoms with Gasteiger partial charge >= 0.3 is 39.5 Å². The fraction of sp³-hybridized carbons (Fsp3) is 0.950. The van der Waals surface area contributed by atoms with Gasteiger partial charge in [0.15, 0.2) is 12.2 Å². The minimum atomic E-state index is -4.96. The Labute approximate surface area is 607 Å². The van der Waals surface area contributed by atoms with Crippen molar-refractivity contribution in [1.29, 1.82) is 0 Å². The molecule has 0 radical (unpaired) electrons. The Morgan fingerprint density at radius 3 is 0.687 bits per heavy atom. The molecule has 0 spiro atoms. The topological polar surface area (TPSA) is 237 Å². The monoisotopic (exact) mass is 1450 g/mol. The van der Waals surface area contributed by atoms with Crippen molar-refractivity contribution in [2.45, 2.75) is 439 Å². The number of carbonyl (C=O) groups is 4. The van der Waals surface area contributed by atoms with Gasteiger partial charge in [0, 0.05) is 25.7 Å². The number of phosphoric acid groups is 2. The molecule has 2 unspecified atom stereocenters. The molecule has 0 saturated carbocycles. The maximum atomic E-state index is 13.1. The number of aliphatic hydroxyl groups is 1. The number of unbranched alkanes of at least 4 members (excludes halogenated alkanes) is 49. The first-order valence-corrected chi connectivity index (χ1v) is 44.5. The smallest absolute Gasteiger partial charge is 0.462 e. The summed E-state index contributed by atoms with van der Waals surface area (Å²) in [7, 11) is -9.92. The first-order valence-electron chi connectivity index (χ1n) is 41.5. The number of hydrogen-bond donors (Lipinski definition) is 3. The number of aliphatic hydroxyl groups excluding tert-OH is 1. The summed E-state index contributed by atoms with van der Waals surface area (Å²) in [6.07, 6.45) is 61.2. The van der Waals surface area contributed by atoms with Crippen LogP contribution in [0.15, 0.2) is 0 Å². The zero-order valence-electron chi connectivity index (χ0n) is 64.8. The van der Waals surface area contributed by atoms with E-state index in [1.54, 1.807) is 0 Å². The van der Waals surface area contributed by atoms with Gasteiger partial charge in [-0.15, -0.1) is 0 Å². The first-order chi connectivity index (χ1) is 47.9. The summed E-state index contributed by atoms with van der Waals surface area (Å²) in [5.74, 6) is -0.611. The molecule has 99 heavy (non-hydrogen) atoms. The molecule has 0 fully saturated rings. The number of hydrogen-bond acceptors (Lipinski definition) is 15. The predicted octanol–water partition coefficient (Wildman–Crippen LogP) is 23.9. The van der Waals surface area contributed by atoms with E-state index < -0.39 is 97.5 Å². The van der Waals surface area contributed by atoms with Crippen LogP contribution in [0.25, 0.3) is 0 Å². The van der Waals surface area contributed by atoms with Gasteiger partial charge in [-0.1, -0.05) is 369 Å². The van der Waals surface area contributed by atoms with Crippen molar-refractivity contribution in [1.82, 2.24) is 0 Å². The van der Waals surface area contributed by atoms with Gasteiger partial charge < -0.3 is 33.8 Å². The summed E-state index contributed by atoms with van der Waals surface area (Å²) in [6, 6.07) is 0. The number of esters is 4. The highest BCUT2D eigenvalue weighted by Crippen LogP contribution is 2.45. The number of rotatable bonds is 79. The lowest BCUT2D eigenvalue weighted by Gasteiger charge is -2.21. The zero-order chi connectivity index (χ0) is 72.8.